The van der Waals surface area contributed by atoms with Crippen LogP contribution in [-0.2, 0) is 9.84 Å². The number of amides is 1. The number of carbonyl (C=O) groups excluding carboxylic acids is 1. The van der Waals surface area contributed by atoms with E-state index >= 15 is 0 Å². The van der Waals surface area contributed by atoms with Crippen LogP contribution in [0.4, 0.5) is 0 Å². The van der Waals surface area contributed by atoms with Gasteiger partial charge in [-0.1, -0.05) is 18.2 Å². The maximum absolute atomic E-state index is 13.2. The molecule has 1 saturated heterocycles. The van der Waals surface area contributed by atoms with Gasteiger partial charge in [0.2, 0.25) is 0 Å². The minimum Gasteiger partial charge on any atom is -0.349 e. The van der Waals surface area contributed by atoms with Gasteiger partial charge < -0.3 is 10.2 Å². The lowest BCUT2D eigenvalue weighted by molar-refractivity contribution is 0.0914. The summed E-state index contributed by atoms with van der Waals surface area (Å²) in [5, 5.41) is 4.00. The molecule has 3 heterocycles. The van der Waals surface area contributed by atoms with E-state index in [1.165, 1.54) is 6.26 Å². The summed E-state index contributed by atoms with van der Waals surface area (Å²) < 4.78 is 22.8. The van der Waals surface area contributed by atoms with Gasteiger partial charge in [-0.2, -0.15) is 0 Å². The summed E-state index contributed by atoms with van der Waals surface area (Å²) >= 11 is 0. The first kappa shape index (κ1) is 21.4. The number of rotatable bonds is 6. The highest BCUT2D eigenvalue weighted by Gasteiger charge is 2.23. The number of nitrogens with one attached hydrogen (secondary N) is 1. The molecule has 162 valence electrons. The number of hydrogen-bond donors (Lipinski definition) is 1. The zero-order chi connectivity index (χ0) is 21.8. The topological polar surface area (TPSA) is 92.3 Å². The number of aromatic nitrogens is 2. The number of piperidine rings is 1. The van der Waals surface area contributed by atoms with Gasteiger partial charge in [0.05, 0.1) is 22.5 Å². The Labute approximate surface area is 182 Å². The van der Waals surface area contributed by atoms with Crippen LogP contribution in [0.15, 0.2) is 54.9 Å². The molecule has 1 aromatic carbocycles. The molecule has 4 rings (SSSR count). The maximum atomic E-state index is 13.2. The van der Waals surface area contributed by atoms with Crippen molar-refractivity contribution in [2.75, 3.05) is 31.6 Å². The lowest BCUT2D eigenvalue weighted by atomic mass is 10.0. The monoisotopic (exact) mass is 438 g/mol. The van der Waals surface area contributed by atoms with Crippen LogP contribution in [0.1, 0.15) is 23.2 Å². The summed E-state index contributed by atoms with van der Waals surface area (Å²) in [6.45, 7) is 2.10. The molecule has 31 heavy (non-hydrogen) atoms. The number of benzene rings is 1. The minimum atomic E-state index is -2.96. The van der Waals surface area contributed by atoms with Crippen molar-refractivity contribution in [3.8, 4) is 11.3 Å². The highest BCUT2D eigenvalue weighted by atomic mass is 32.2. The van der Waals surface area contributed by atoms with Gasteiger partial charge in [-0.05, 0) is 37.1 Å². The molecular formula is C23H26N4O3S. The van der Waals surface area contributed by atoms with Crippen LogP contribution in [0, 0.1) is 0 Å². The molecular weight excluding hydrogens is 412 g/mol. The van der Waals surface area contributed by atoms with Crippen LogP contribution in [0.5, 0.6) is 0 Å². The van der Waals surface area contributed by atoms with Gasteiger partial charge in [0.1, 0.15) is 9.84 Å². The van der Waals surface area contributed by atoms with E-state index in [0.717, 1.165) is 48.1 Å². The number of nitrogens with zero attached hydrogens (tertiary/aromatic N) is 3. The van der Waals surface area contributed by atoms with E-state index in [9.17, 15) is 13.2 Å². The first-order chi connectivity index (χ1) is 14.9. The van der Waals surface area contributed by atoms with Gasteiger partial charge in [-0.15, -0.1) is 0 Å². The molecule has 0 aliphatic carbocycles. The molecule has 7 nitrogen and oxygen atoms in total. The molecule has 8 heteroatoms. The molecule has 1 amide bonds. The van der Waals surface area contributed by atoms with Crippen molar-refractivity contribution in [2.45, 2.75) is 18.9 Å². The summed E-state index contributed by atoms with van der Waals surface area (Å²) in [4.78, 5) is 24.1. The Balaban J connectivity index is 1.49. The molecule has 0 bridgehead atoms. The highest BCUT2D eigenvalue weighted by molar-refractivity contribution is 7.90. The third kappa shape index (κ3) is 5.45. The largest absolute Gasteiger partial charge is 0.349 e. The molecule has 3 aromatic rings. The number of likely N-dealkylation sites (tertiary alicyclic amines) is 1. The van der Waals surface area contributed by atoms with Crippen LogP contribution >= 0.6 is 0 Å². The van der Waals surface area contributed by atoms with Crippen molar-refractivity contribution in [1.29, 1.82) is 0 Å². The Kier molecular flexibility index (Phi) is 6.29. The molecule has 1 aliphatic heterocycles. The average Bonchev–Trinajstić information content (AvgIpc) is 2.78. The second-order valence-electron chi connectivity index (χ2n) is 8.03. The summed E-state index contributed by atoms with van der Waals surface area (Å²) in [7, 11) is -2.96. The van der Waals surface area contributed by atoms with Crippen molar-refractivity contribution in [3.63, 3.8) is 0 Å². The van der Waals surface area contributed by atoms with E-state index in [1.54, 1.807) is 12.4 Å². The molecule has 1 N–H and O–H groups in total. The minimum absolute atomic E-state index is 0.0679. The zero-order valence-electron chi connectivity index (χ0n) is 17.5. The fourth-order valence-electron chi connectivity index (χ4n) is 3.89. The Hall–Kier alpha value is -2.84. The molecule has 2 aromatic heterocycles. The summed E-state index contributed by atoms with van der Waals surface area (Å²) in [6.07, 6.45) is 6.29. The number of pyridine rings is 2. The Morgan fingerprint density at radius 2 is 1.84 bits per heavy atom. The molecule has 0 unspecified atom stereocenters. The SMILES string of the molecule is CS(=O)(=O)CCN1CCC(NC(=O)c2cc(-c3ccncc3)nc3ccccc23)CC1. The first-order valence-corrected chi connectivity index (χ1v) is 12.5. The zero-order valence-corrected chi connectivity index (χ0v) is 18.3. The van der Waals surface area contributed by atoms with Crippen LogP contribution in [0.2, 0.25) is 0 Å². The van der Waals surface area contributed by atoms with E-state index in [1.807, 2.05) is 42.5 Å². The number of hydrogen-bond acceptors (Lipinski definition) is 6. The van der Waals surface area contributed by atoms with Crippen molar-refractivity contribution in [2.24, 2.45) is 0 Å². The van der Waals surface area contributed by atoms with Crippen molar-refractivity contribution < 1.29 is 13.2 Å². The molecule has 0 spiro atoms. The van der Waals surface area contributed by atoms with E-state index < -0.39 is 9.84 Å². The highest BCUT2D eigenvalue weighted by Crippen LogP contribution is 2.25. The lowest BCUT2D eigenvalue weighted by Gasteiger charge is -2.32. The predicted molar refractivity (Wildman–Crippen MR) is 122 cm³/mol. The second-order valence-corrected chi connectivity index (χ2v) is 10.3. The number of para-hydroxylation sites is 1. The van der Waals surface area contributed by atoms with E-state index in [0.29, 0.717) is 12.1 Å². The van der Waals surface area contributed by atoms with Gasteiger partial charge in [-0.25, -0.2) is 13.4 Å². The van der Waals surface area contributed by atoms with E-state index in [-0.39, 0.29) is 17.7 Å². The Morgan fingerprint density at radius 3 is 2.55 bits per heavy atom. The Bertz CT molecular complexity index is 1170. The summed E-state index contributed by atoms with van der Waals surface area (Å²) in [6, 6.07) is 13.3. The third-order valence-electron chi connectivity index (χ3n) is 5.64. The van der Waals surface area contributed by atoms with Gasteiger partial charge in [0.25, 0.3) is 5.91 Å². The van der Waals surface area contributed by atoms with Crippen LogP contribution in [0.25, 0.3) is 22.2 Å². The molecule has 0 saturated carbocycles. The Morgan fingerprint density at radius 1 is 1.13 bits per heavy atom. The van der Waals surface area contributed by atoms with Crippen molar-refractivity contribution >= 4 is 26.6 Å². The van der Waals surface area contributed by atoms with Crippen LogP contribution in [-0.4, -0.2) is 66.9 Å². The predicted octanol–water partition coefficient (Wildman–Crippen LogP) is 2.54. The summed E-state index contributed by atoms with van der Waals surface area (Å²) in [5.41, 5.74) is 3.03. The standard InChI is InChI=1S/C23H26N4O3S/c1-31(29,30)15-14-27-12-8-18(9-13-27)25-23(28)20-16-22(17-6-10-24-11-7-17)26-21-5-3-2-4-19(20)21/h2-7,10-11,16,18H,8-9,12-15H2,1H3,(H,25,28). The van der Waals surface area contributed by atoms with Crippen molar-refractivity contribution in [1.82, 2.24) is 20.2 Å². The van der Waals surface area contributed by atoms with Crippen LogP contribution in [0.3, 0.4) is 0 Å². The third-order valence-corrected chi connectivity index (χ3v) is 6.56. The fourth-order valence-corrected chi connectivity index (χ4v) is 4.48. The molecule has 1 aliphatic rings. The van der Waals surface area contributed by atoms with E-state index in [2.05, 4.69) is 15.2 Å². The fraction of sp³-hybridized carbons (Fsp3) is 0.348. The quantitative estimate of drug-likeness (QED) is 0.636. The van der Waals surface area contributed by atoms with Gasteiger partial charge in [0, 0.05) is 55.3 Å². The smallest absolute Gasteiger partial charge is 0.252 e. The van der Waals surface area contributed by atoms with Crippen LogP contribution < -0.4 is 5.32 Å². The molecule has 0 radical (unpaired) electrons. The number of carbonyl (C=O) groups is 1. The van der Waals surface area contributed by atoms with E-state index in [4.69, 9.17) is 4.98 Å². The lowest BCUT2D eigenvalue weighted by Crippen LogP contribution is -2.45. The second kappa shape index (κ2) is 9.11. The number of fused-ring (bicyclic) bond motifs is 1. The maximum Gasteiger partial charge on any atom is 0.252 e. The molecule has 0 atom stereocenters. The van der Waals surface area contributed by atoms with Gasteiger partial charge in [-0.3, -0.25) is 9.78 Å². The normalized spacial score (nSPS) is 15.8. The first-order valence-electron chi connectivity index (χ1n) is 10.4. The average molecular weight is 439 g/mol. The van der Waals surface area contributed by atoms with Crippen molar-refractivity contribution in [3.05, 3.63) is 60.4 Å². The van der Waals surface area contributed by atoms with Gasteiger partial charge in [0.15, 0.2) is 0 Å². The molecule has 1 fully saturated rings. The number of sulfone groups is 1. The van der Waals surface area contributed by atoms with Gasteiger partial charge >= 0.3 is 0 Å². The summed E-state index contributed by atoms with van der Waals surface area (Å²) in [5.74, 6) is 0.0636.